The first-order valence-electron chi connectivity index (χ1n) is 5.58. The quantitative estimate of drug-likeness (QED) is 0.405. The van der Waals surface area contributed by atoms with Gasteiger partial charge in [0.05, 0.1) is 0 Å². The molecule has 0 spiro atoms. The summed E-state index contributed by atoms with van der Waals surface area (Å²) in [5.41, 5.74) is 12.5. The molecule has 0 saturated heterocycles. The molecule has 0 aliphatic carbocycles. The molecule has 2 aromatic carbocycles. The maximum atomic E-state index is 8.53. The summed E-state index contributed by atoms with van der Waals surface area (Å²) in [4.78, 5) is 2.85. The van der Waals surface area contributed by atoms with Crippen LogP contribution in [0.5, 0.6) is 0 Å². The highest BCUT2D eigenvalue weighted by molar-refractivity contribution is 5.75. The Balaban J connectivity index is 2.48. The van der Waals surface area contributed by atoms with Crippen LogP contribution in [0.2, 0.25) is 0 Å². The van der Waals surface area contributed by atoms with Crippen LogP contribution in [0.25, 0.3) is 21.6 Å². The molecule has 3 heteroatoms. The summed E-state index contributed by atoms with van der Waals surface area (Å²) in [6, 6.07) is 15.9. The number of hydrogen-bond acceptors (Lipinski definition) is 1. The van der Waals surface area contributed by atoms with Gasteiger partial charge in [0.25, 0.3) is 0 Å². The minimum atomic E-state index is 0.666. The van der Waals surface area contributed by atoms with Crippen molar-refractivity contribution in [2.75, 3.05) is 0 Å². The summed E-state index contributed by atoms with van der Waals surface area (Å²) >= 11 is 0. The normalized spacial score (nSPS) is 9.71. The van der Waals surface area contributed by atoms with Gasteiger partial charge in [-0.3, -0.25) is 0 Å². The Morgan fingerprint density at radius 2 is 1.76 bits per heavy atom. The zero-order chi connectivity index (χ0) is 12.1. The molecule has 0 aliphatic heterocycles. The van der Waals surface area contributed by atoms with E-state index in [4.69, 9.17) is 5.53 Å². The largest absolute Gasteiger partial charge is 0.0618 e. The Kier molecular flexibility index (Phi) is 3.43. The van der Waals surface area contributed by atoms with Crippen molar-refractivity contribution in [2.24, 2.45) is 5.11 Å². The predicted molar refractivity (Wildman–Crippen MR) is 70.1 cm³/mol. The molecule has 3 nitrogen and oxygen atoms in total. The van der Waals surface area contributed by atoms with Gasteiger partial charge >= 0.3 is 0 Å². The van der Waals surface area contributed by atoms with Crippen molar-refractivity contribution in [1.82, 2.24) is 0 Å². The fourth-order valence-corrected chi connectivity index (χ4v) is 1.77. The lowest BCUT2D eigenvalue weighted by Gasteiger charge is -2.06. The highest BCUT2D eigenvalue weighted by Gasteiger charge is 2.02. The van der Waals surface area contributed by atoms with Crippen molar-refractivity contribution in [3.8, 4) is 11.1 Å². The average Bonchev–Trinajstić information content (AvgIpc) is 2.40. The van der Waals surface area contributed by atoms with Crippen LogP contribution in [0, 0.1) is 0 Å². The molecule has 0 aliphatic rings. The molecule has 0 radical (unpaired) electrons. The van der Waals surface area contributed by atoms with Crippen LogP contribution in [-0.4, -0.2) is 0 Å². The molecule has 0 saturated carbocycles. The molecule has 2 rings (SSSR count). The van der Waals surface area contributed by atoms with Gasteiger partial charge in [0.15, 0.2) is 0 Å². The maximum absolute atomic E-state index is 8.53. The SMILES string of the molecule is CCc1ccc(-c2ccccc2N=[N+]=[N-])cc1. The number of aryl methyl sites for hydroxylation is 1. The highest BCUT2D eigenvalue weighted by Crippen LogP contribution is 2.30. The highest BCUT2D eigenvalue weighted by atomic mass is 15.1. The van der Waals surface area contributed by atoms with Crippen molar-refractivity contribution in [1.29, 1.82) is 0 Å². The maximum Gasteiger partial charge on any atom is 0.0453 e. The minimum Gasteiger partial charge on any atom is -0.0618 e. The molecule has 0 bridgehead atoms. The van der Waals surface area contributed by atoms with Gasteiger partial charge in [-0.25, -0.2) is 0 Å². The first-order valence-corrected chi connectivity index (χ1v) is 5.58. The first kappa shape index (κ1) is 11.2. The van der Waals surface area contributed by atoms with Crippen molar-refractivity contribution in [3.63, 3.8) is 0 Å². The molecule has 2 aromatic rings. The Morgan fingerprint density at radius 3 is 2.41 bits per heavy atom. The van der Waals surface area contributed by atoms with E-state index in [1.807, 2.05) is 24.3 Å². The number of benzene rings is 2. The summed E-state index contributed by atoms with van der Waals surface area (Å²) in [7, 11) is 0. The average molecular weight is 223 g/mol. The van der Waals surface area contributed by atoms with Crippen LogP contribution in [-0.2, 0) is 6.42 Å². The van der Waals surface area contributed by atoms with Crippen LogP contribution in [0.4, 0.5) is 5.69 Å². The van der Waals surface area contributed by atoms with Crippen LogP contribution in [0.1, 0.15) is 12.5 Å². The van der Waals surface area contributed by atoms with Crippen molar-refractivity contribution < 1.29 is 0 Å². The smallest absolute Gasteiger partial charge is 0.0453 e. The van der Waals surface area contributed by atoms with Crippen molar-refractivity contribution >= 4 is 5.69 Å². The second-order valence-corrected chi connectivity index (χ2v) is 3.76. The molecule has 0 fully saturated rings. The van der Waals surface area contributed by atoms with Gasteiger partial charge in [0, 0.05) is 10.6 Å². The van der Waals surface area contributed by atoms with E-state index in [1.54, 1.807) is 0 Å². The first-order chi connectivity index (χ1) is 8.35. The molecule has 0 unspecified atom stereocenters. The summed E-state index contributed by atoms with van der Waals surface area (Å²) in [6.45, 7) is 2.13. The standard InChI is InChI=1S/C14H13N3/c1-2-11-7-9-12(10-8-11)13-5-3-4-6-14(13)16-17-15/h3-10H,2H2,1H3. The van der Waals surface area contributed by atoms with E-state index in [0.29, 0.717) is 5.69 Å². The Labute approximate surface area is 100 Å². The zero-order valence-corrected chi connectivity index (χ0v) is 9.67. The Morgan fingerprint density at radius 1 is 1.06 bits per heavy atom. The van der Waals surface area contributed by atoms with Gasteiger partial charge in [-0.15, -0.1) is 0 Å². The van der Waals surface area contributed by atoms with Gasteiger partial charge in [-0.2, -0.15) is 0 Å². The minimum absolute atomic E-state index is 0.666. The lowest BCUT2D eigenvalue weighted by Crippen LogP contribution is -1.81. The van der Waals surface area contributed by atoms with E-state index in [2.05, 4.69) is 41.2 Å². The van der Waals surface area contributed by atoms with Crippen LogP contribution >= 0.6 is 0 Å². The fourth-order valence-electron chi connectivity index (χ4n) is 1.77. The van der Waals surface area contributed by atoms with Gasteiger partial charge in [-0.1, -0.05) is 60.6 Å². The topological polar surface area (TPSA) is 48.8 Å². The molecule has 0 heterocycles. The van der Waals surface area contributed by atoms with Crippen molar-refractivity contribution in [3.05, 3.63) is 64.5 Å². The molecule has 0 atom stereocenters. The van der Waals surface area contributed by atoms with E-state index < -0.39 is 0 Å². The molecule has 0 amide bonds. The zero-order valence-electron chi connectivity index (χ0n) is 9.67. The van der Waals surface area contributed by atoms with Gasteiger partial charge < -0.3 is 0 Å². The number of nitrogens with zero attached hydrogens (tertiary/aromatic N) is 3. The van der Waals surface area contributed by atoms with E-state index in [-0.39, 0.29) is 0 Å². The molecular weight excluding hydrogens is 210 g/mol. The van der Waals surface area contributed by atoms with Crippen LogP contribution < -0.4 is 0 Å². The second-order valence-electron chi connectivity index (χ2n) is 3.76. The number of hydrogen-bond donors (Lipinski definition) is 0. The van der Waals surface area contributed by atoms with Crippen molar-refractivity contribution in [2.45, 2.75) is 13.3 Å². The van der Waals surface area contributed by atoms with E-state index in [1.165, 1.54) is 5.56 Å². The predicted octanol–water partition coefficient (Wildman–Crippen LogP) is 4.86. The monoisotopic (exact) mass is 223 g/mol. The molecule has 0 N–H and O–H groups in total. The third-order valence-corrected chi connectivity index (χ3v) is 2.73. The molecule has 84 valence electrons. The van der Waals surface area contributed by atoms with E-state index in [9.17, 15) is 0 Å². The lowest BCUT2D eigenvalue weighted by atomic mass is 10.0. The number of rotatable bonds is 3. The van der Waals surface area contributed by atoms with Crippen LogP contribution in [0.3, 0.4) is 0 Å². The van der Waals surface area contributed by atoms with Gasteiger partial charge in [0.1, 0.15) is 0 Å². The van der Waals surface area contributed by atoms with Gasteiger partial charge in [-0.05, 0) is 28.6 Å². The third kappa shape index (κ3) is 2.47. The fraction of sp³-hybridized carbons (Fsp3) is 0.143. The summed E-state index contributed by atoms with van der Waals surface area (Å²) < 4.78 is 0. The summed E-state index contributed by atoms with van der Waals surface area (Å²) in [6.07, 6.45) is 1.03. The Hall–Kier alpha value is -2.25. The Bertz CT molecular complexity index is 552. The van der Waals surface area contributed by atoms with E-state index >= 15 is 0 Å². The second kappa shape index (κ2) is 5.19. The third-order valence-electron chi connectivity index (χ3n) is 2.73. The van der Waals surface area contributed by atoms with E-state index in [0.717, 1.165) is 17.5 Å². The lowest BCUT2D eigenvalue weighted by molar-refractivity contribution is 1.14. The molecule has 17 heavy (non-hydrogen) atoms. The summed E-state index contributed by atoms with van der Waals surface area (Å²) in [5, 5.41) is 3.71. The molecular formula is C14H13N3. The summed E-state index contributed by atoms with van der Waals surface area (Å²) in [5.74, 6) is 0. The van der Waals surface area contributed by atoms with Gasteiger partial charge in [0.2, 0.25) is 0 Å². The number of azide groups is 1. The van der Waals surface area contributed by atoms with Crippen LogP contribution in [0.15, 0.2) is 53.6 Å². The molecule has 0 aromatic heterocycles.